The summed E-state index contributed by atoms with van der Waals surface area (Å²) >= 11 is 5.71. The molecule has 1 unspecified atom stereocenters. The molecule has 1 aliphatic rings. The summed E-state index contributed by atoms with van der Waals surface area (Å²) in [7, 11) is 0. The summed E-state index contributed by atoms with van der Waals surface area (Å²) in [4.78, 5) is 0. The molecule has 0 bridgehead atoms. The maximum Gasteiger partial charge on any atom is 0.141 e. The molecule has 1 saturated carbocycles. The SMILES string of the molecule is CC1(C)CC1CNCc1ccc(F)c(Cl)c1. The summed E-state index contributed by atoms with van der Waals surface area (Å²) in [6.45, 7) is 6.36. The molecule has 1 aromatic rings. The van der Waals surface area contributed by atoms with Crippen LogP contribution < -0.4 is 5.32 Å². The summed E-state index contributed by atoms with van der Waals surface area (Å²) in [5.74, 6) is 0.428. The molecule has 1 fully saturated rings. The number of hydrogen-bond acceptors (Lipinski definition) is 1. The van der Waals surface area contributed by atoms with E-state index in [9.17, 15) is 4.39 Å². The number of rotatable bonds is 4. The predicted molar refractivity (Wildman–Crippen MR) is 65.0 cm³/mol. The normalized spacial score (nSPS) is 22.1. The van der Waals surface area contributed by atoms with Crippen LogP contribution >= 0.6 is 11.6 Å². The van der Waals surface area contributed by atoms with E-state index >= 15 is 0 Å². The van der Waals surface area contributed by atoms with Crippen molar-refractivity contribution in [2.24, 2.45) is 11.3 Å². The van der Waals surface area contributed by atoms with Crippen LogP contribution in [-0.4, -0.2) is 6.54 Å². The third kappa shape index (κ3) is 2.74. The largest absolute Gasteiger partial charge is 0.312 e. The Morgan fingerprint density at radius 2 is 2.19 bits per heavy atom. The van der Waals surface area contributed by atoms with Crippen molar-refractivity contribution in [2.75, 3.05) is 6.54 Å². The maximum absolute atomic E-state index is 12.9. The van der Waals surface area contributed by atoms with Crippen LogP contribution in [0.3, 0.4) is 0 Å². The molecule has 3 heteroatoms. The Bertz CT molecular complexity index is 390. The lowest BCUT2D eigenvalue weighted by molar-refractivity contribution is 0.519. The number of nitrogens with one attached hydrogen (secondary N) is 1. The molecular weight excluding hydrogens is 225 g/mol. The molecule has 0 heterocycles. The Hall–Kier alpha value is -0.600. The minimum Gasteiger partial charge on any atom is -0.312 e. The second-order valence-electron chi connectivity index (χ2n) is 5.27. The Morgan fingerprint density at radius 1 is 1.50 bits per heavy atom. The first kappa shape index (κ1) is 11.9. The van der Waals surface area contributed by atoms with E-state index in [2.05, 4.69) is 19.2 Å². The summed E-state index contributed by atoms with van der Waals surface area (Å²) < 4.78 is 12.9. The van der Waals surface area contributed by atoms with Gasteiger partial charge in [0, 0.05) is 6.54 Å². The average Bonchev–Trinajstić information content (AvgIpc) is 2.80. The zero-order valence-corrected chi connectivity index (χ0v) is 10.4. The van der Waals surface area contributed by atoms with Crippen molar-refractivity contribution in [3.05, 3.63) is 34.6 Å². The maximum atomic E-state index is 12.9. The zero-order chi connectivity index (χ0) is 11.8. The lowest BCUT2D eigenvalue weighted by Crippen LogP contribution is -2.18. The minimum atomic E-state index is -0.353. The van der Waals surface area contributed by atoms with Gasteiger partial charge in [0.15, 0.2) is 0 Å². The topological polar surface area (TPSA) is 12.0 Å². The standard InChI is InChI=1S/C13H17ClFN/c1-13(2)6-10(13)8-16-7-9-3-4-12(15)11(14)5-9/h3-5,10,16H,6-8H2,1-2H3. The van der Waals surface area contributed by atoms with Gasteiger partial charge < -0.3 is 5.32 Å². The lowest BCUT2D eigenvalue weighted by Gasteiger charge is -2.07. The second-order valence-corrected chi connectivity index (χ2v) is 5.68. The minimum absolute atomic E-state index is 0.200. The van der Waals surface area contributed by atoms with Gasteiger partial charge in [-0.3, -0.25) is 0 Å². The molecule has 1 nitrogen and oxygen atoms in total. The Kier molecular flexibility index (Phi) is 3.22. The van der Waals surface area contributed by atoms with Crippen molar-refractivity contribution >= 4 is 11.6 Å². The zero-order valence-electron chi connectivity index (χ0n) is 9.69. The molecule has 0 saturated heterocycles. The van der Waals surface area contributed by atoms with E-state index in [0.29, 0.717) is 5.41 Å². The quantitative estimate of drug-likeness (QED) is 0.849. The van der Waals surface area contributed by atoms with Gasteiger partial charge in [-0.15, -0.1) is 0 Å². The molecule has 1 atom stereocenters. The molecule has 2 rings (SSSR count). The fourth-order valence-electron chi connectivity index (χ4n) is 1.96. The highest BCUT2D eigenvalue weighted by molar-refractivity contribution is 6.30. The summed E-state index contributed by atoms with van der Waals surface area (Å²) in [6.07, 6.45) is 1.30. The van der Waals surface area contributed by atoms with Crippen molar-refractivity contribution in [3.63, 3.8) is 0 Å². The summed E-state index contributed by atoms with van der Waals surface area (Å²) in [5.41, 5.74) is 1.54. The molecule has 16 heavy (non-hydrogen) atoms. The van der Waals surface area contributed by atoms with E-state index in [4.69, 9.17) is 11.6 Å². The van der Waals surface area contributed by atoms with E-state index in [1.165, 1.54) is 12.5 Å². The lowest BCUT2D eigenvalue weighted by atomic mass is 10.1. The number of benzene rings is 1. The van der Waals surface area contributed by atoms with Crippen molar-refractivity contribution in [2.45, 2.75) is 26.8 Å². The second kappa shape index (κ2) is 4.34. The molecule has 88 valence electrons. The van der Waals surface area contributed by atoms with Crippen molar-refractivity contribution < 1.29 is 4.39 Å². The van der Waals surface area contributed by atoms with Gasteiger partial charge in [-0.25, -0.2) is 4.39 Å². The molecule has 0 spiro atoms. The Labute approximate surface area is 101 Å². The van der Waals surface area contributed by atoms with Crippen molar-refractivity contribution in [3.8, 4) is 0 Å². The van der Waals surface area contributed by atoms with Crippen LogP contribution in [0, 0.1) is 17.2 Å². The molecule has 1 aromatic carbocycles. The highest BCUT2D eigenvalue weighted by atomic mass is 35.5. The van der Waals surface area contributed by atoms with Gasteiger partial charge in [-0.2, -0.15) is 0 Å². The Balaban J connectivity index is 1.79. The van der Waals surface area contributed by atoms with Gasteiger partial charge in [0.2, 0.25) is 0 Å². The van der Waals surface area contributed by atoms with Gasteiger partial charge in [0.1, 0.15) is 5.82 Å². The van der Waals surface area contributed by atoms with Crippen LogP contribution in [0.5, 0.6) is 0 Å². The molecule has 1 aliphatic carbocycles. The third-order valence-electron chi connectivity index (χ3n) is 3.42. The first-order valence-corrected chi connectivity index (χ1v) is 6.01. The smallest absolute Gasteiger partial charge is 0.141 e. The highest BCUT2D eigenvalue weighted by Gasteiger charge is 2.44. The van der Waals surface area contributed by atoms with Crippen LogP contribution in [0.15, 0.2) is 18.2 Å². The first-order chi connectivity index (χ1) is 7.49. The Morgan fingerprint density at radius 3 is 2.75 bits per heavy atom. The number of hydrogen-bond donors (Lipinski definition) is 1. The fourth-order valence-corrected chi connectivity index (χ4v) is 2.17. The predicted octanol–water partition coefficient (Wildman–Crippen LogP) is 3.61. The summed E-state index contributed by atoms with van der Waals surface area (Å²) in [5, 5.41) is 3.58. The molecule has 0 amide bonds. The average molecular weight is 242 g/mol. The van der Waals surface area contributed by atoms with Gasteiger partial charge in [0.25, 0.3) is 0 Å². The summed E-state index contributed by atoms with van der Waals surface area (Å²) in [6, 6.07) is 4.87. The third-order valence-corrected chi connectivity index (χ3v) is 3.71. The van der Waals surface area contributed by atoms with E-state index in [1.54, 1.807) is 12.1 Å². The van der Waals surface area contributed by atoms with Crippen molar-refractivity contribution in [1.82, 2.24) is 5.32 Å². The molecule has 0 radical (unpaired) electrons. The van der Waals surface area contributed by atoms with Gasteiger partial charge in [0.05, 0.1) is 5.02 Å². The van der Waals surface area contributed by atoms with Gasteiger partial charge >= 0.3 is 0 Å². The van der Waals surface area contributed by atoms with Crippen LogP contribution in [0.25, 0.3) is 0 Å². The van der Waals surface area contributed by atoms with Gasteiger partial charge in [-0.05, 0) is 42.0 Å². The van der Waals surface area contributed by atoms with E-state index in [-0.39, 0.29) is 10.8 Å². The van der Waals surface area contributed by atoms with Crippen LogP contribution in [0.2, 0.25) is 5.02 Å². The van der Waals surface area contributed by atoms with E-state index < -0.39 is 0 Å². The molecule has 0 aromatic heterocycles. The molecular formula is C13H17ClFN. The van der Waals surface area contributed by atoms with Crippen LogP contribution in [-0.2, 0) is 6.54 Å². The monoisotopic (exact) mass is 241 g/mol. The molecule has 1 N–H and O–H groups in total. The van der Waals surface area contributed by atoms with Crippen LogP contribution in [0.1, 0.15) is 25.8 Å². The molecule has 0 aliphatic heterocycles. The fraction of sp³-hybridized carbons (Fsp3) is 0.538. The van der Waals surface area contributed by atoms with E-state index in [0.717, 1.165) is 24.6 Å². The highest BCUT2D eigenvalue weighted by Crippen LogP contribution is 2.50. The van der Waals surface area contributed by atoms with Crippen molar-refractivity contribution in [1.29, 1.82) is 0 Å². The number of halogens is 2. The van der Waals surface area contributed by atoms with Gasteiger partial charge in [-0.1, -0.05) is 31.5 Å². The first-order valence-electron chi connectivity index (χ1n) is 5.64. The van der Waals surface area contributed by atoms with Crippen LogP contribution in [0.4, 0.5) is 4.39 Å². The van der Waals surface area contributed by atoms with E-state index in [1.807, 2.05) is 0 Å².